The van der Waals surface area contributed by atoms with Crippen LogP contribution in [0.5, 0.6) is 0 Å². The molecule has 4 bridgehead atoms. The Balaban J connectivity index is 0.000000217. The van der Waals surface area contributed by atoms with Gasteiger partial charge in [-0.25, -0.2) is 30.7 Å². The number of carbonyl (C=O) groups excluding carboxylic acids is 8. The first-order valence-corrected chi connectivity index (χ1v) is 23.4. The number of ether oxygens (including phenoxy) is 3. The van der Waals surface area contributed by atoms with E-state index in [0.717, 1.165) is 48.4 Å². The number of halogens is 2. The minimum absolute atomic E-state index is 0.0148. The summed E-state index contributed by atoms with van der Waals surface area (Å²) in [4.78, 5) is 84.0. The van der Waals surface area contributed by atoms with Crippen LogP contribution >= 0.6 is 23.2 Å². The van der Waals surface area contributed by atoms with Crippen molar-refractivity contribution in [2.24, 2.45) is 45.3 Å². The van der Waals surface area contributed by atoms with Crippen molar-refractivity contribution < 1.29 is 69.4 Å². The molecule has 3 saturated heterocycles. The second-order valence-electron chi connectivity index (χ2n) is 16.9. The van der Waals surface area contributed by atoms with Gasteiger partial charge in [0.25, 0.3) is 5.91 Å². The molecular weight excluding hydrogens is 871 g/mol. The standard InChI is InChI=1S/C13H19NO3S.C11H12O7.C10H17NO2S.C4H4O3.CH2Cl2/c1-4-11(15)14-10-7-9-5-6-13(10,12(9,2)3)8-18(14,16)17;1-6-9(7(3-12)4-13)17-11(18-10(6)15)8(5-14)16-2;1-9(2)7-3-4-10(9)6-14(12,13)11-8(10)5-7;5-1-4(2-6)3-7;2-1-3/h4,9-10H,1,5-8H2,2-3H3;3-5,7-9,11H,1H2,2H3;7-8,11H,3-6H2,1-2H3;1-4H;1H2/t;8?,9-,11+;;;/m.0.../s1. The van der Waals surface area contributed by atoms with Gasteiger partial charge >= 0.3 is 5.97 Å². The Labute approximate surface area is 360 Å². The van der Waals surface area contributed by atoms with Gasteiger partial charge in [0.15, 0.2) is 12.4 Å². The lowest BCUT2D eigenvalue weighted by Gasteiger charge is -2.36. The van der Waals surface area contributed by atoms with Crippen molar-refractivity contribution in [2.45, 2.75) is 96.8 Å². The zero-order valence-electron chi connectivity index (χ0n) is 34.2. The summed E-state index contributed by atoms with van der Waals surface area (Å²) in [6, 6.07) is 0.1000. The molecule has 3 heterocycles. The van der Waals surface area contributed by atoms with E-state index < -0.39 is 62.3 Å². The van der Waals surface area contributed by atoms with Crippen LogP contribution in [0.1, 0.15) is 66.2 Å². The highest BCUT2D eigenvalue weighted by molar-refractivity contribution is 7.90. The van der Waals surface area contributed by atoms with Crippen molar-refractivity contribution in [3.05, 3.63) is 24.8 Å². The van der Waals surface area contributed by atoms with Crippen molar-refractivity contribution >= 4 is 92.8 Å². The summed E-state index contributed by atoms with van der Waals surface area (Å²) in [7, 11) is -5.20. The second kappa shape index (κ2) is 19.9. The number of alkyl halides is 2. The lowest BCUT2D eigenvalue weighted by molar-refractivity contribution is -0.229. The van der Waals surface area contributed by atoms with Crippen LogP contribution in [-0.4, -0.2) is 125 Å². The van der Waals surface area contributed by atoms with Crippen LogP contribution in [0.2, 0.25) is 0 Å². The van der Waals surface area contributed by atoms with Crippen molar-refractivity contribution in [1.29, 1.82) is 0 Å². The second-order valence-corrected chi connectivity index (χ2v) is 21.3. The molecule has 0 aromatic carbocycles. The Morgan fingerprint density at radius 2 is 1.40 bits per heavy atom. The monoisotopic (exact) mass is 924 g/mol. The molecule has 7 unspecified atom stereocenters. The number of amides is 1. The van der Waals surface area contributed by atoms with Crippen LogP contribution in [0.4, 0.5) is 0 Å². The molecule has 4 aliphatic carbocycles. The van der Waals surface area contributed by atoms with Crippen molar-refractivity contribution in [3.63, 3.8) is 0 Å². The van der Waals surface area contributed by atoms with E-state index in [1.54, 1.807) is 0 Å². The zero-order valence-corrected chi connectivity index (χ0v) is 37.3. The Hall–Kier alpha value is -3.20. The molecule has 3 aliphatic heterocycles. The quantitative estimate of drug-likeness (QED) is 0.109. The fourth-order valence-corrected chi connectivity index (χ4v) is 15.1. The van der Waals surface area contributed by atoms with Gasteiger partial charge < -0.3 is 43.0 Å². The Morgan fingerprint density at radius 1 is 0.883 bits per heavy atom. The molecule has 7 fully saturated rings. The topological polar surface area (TPSA) is 248 Å². The summed E-state index contributed by atoms with van der Waals surface area (Å²) in [6.07, 6.45) is 5.69. The van der Waals surface area contributed by atoms with Gasteiger partial charge in [-0.15, -0.1) is 23.2 Å². The van der Waals surface area contributed by atoms with Gasteiger partial charge in [0.1, 0.15) is 49.4 Å². The third kappa shape index (κ3) is 9.41. The van der Waals surface area contributed by atoms with E-state index in [2.05, 4.69) is 45.6 Å². The molecule has 1 amide bonds. The van der Waals surface area contributed by atoms with Gasteiger partial charge in [-0.05, 0) is 67.3 Å². The van der Waals surface area contributed by atoms with Gasteiger partial charge in [0.2, 0.25) is 26.3 Å². The number of sulfonamides is 2. The van der Waals surface area contributed by atoms with Crippen molar-refractivity contribution in [2.75, 3.05) is 24.0 Å². The average Bonchev–Trinajstić information content (AvgIpc) is 3.90. The third-order valence-corrected chi connectivity index (χ3v) is 17.4. The summed E-state index contributed by atoms with van der Waals surface area (Å²) in [6.45, 7) is 15.7. The highest BCUT2D eigenvalue weighted by Gasteiger charge is 2.72. The first kappa shape index (κ1) is 51.2. The maximum absolute atomic E-state index is 12.3. The molecule has 9 atom stereocenters. The highest BCUT2D eigenvalue weighted by atomic mass is 35.5. The van der Waals surface area contributed by atoms with Crippen LogP contribution in [0.3, 0.4) is 0 Å². The van der Waals surface area contributed by atoms with E-state index in [9.17, 15) is 55.2 Å². The summed E-state index contributed by atoms with van der Waals surface area (Å²) in [5.74, 6) is -1.76. The SMILES string of the molecule is C=C1C(=O)O[C@H](C(C=O)OC)O[C@@H]1C(C=O)C=O.C=CC(=O)N1C2CC3CCC2(CS1(=O)=O)C3(C)C.CC1(C)C2CCC13CS(=O)(=O)NC3C2.ClCCl.O=CC(C=O)C=O. The lowest BCUT2D eigenvalue weighted by atomic mass is 9.69. The number of rotatable bonds is 10. The van der Waals surface area contributed by atoms with E-state index in [0.29, 0.717) is 49.4 Å². The van der Waals surface area contributed by atoms with E-state index in [-0.39, 0.29) is 50.4 Å². The number of hydrogen-bond acceptors (Lipinski definition) is 15. The zero-order chi connectivity index (χ0) is 45.6. The molecule has 21 heteroatoms. The molecular formula is C39H54Cl2N2O15S2. The third-order valence-electron chi connectivity index (χ3n) is 13.9. The molecule has 2 spiro atoms. The maximum Gasteiger partial charge on any atom is 0.338 e. The number of nitrogens with one attached hydrogen (secondary N) is 1. The number of cyclic esters (lactones) is 1. The molecule has 0 aromatic rings. The van der Waals surface area contributed by atoms with Gasteiger partial charge in [-0.1, -0.05) is 40.9 Å². The molecule has 0 aromatic heterocycles. The number of methoxy groups -OCH3 is 1. The molecule has 7 aliphatic rings. The van der Waals surface area contributed by atoms with E-state index >= 15 is 0 Å². The lowest BCUT2D eigenvalue weighted by Crippen LogP contribution is -2.48. The van der Waals surface area contributed by atoms with Crippen LogP contribution in [0, 0.1) is 45.3 Å². The number of aldehydes is 6. The molecule has 4 saturated carbocycles. The van der Waals surface area contributed by atoms with Crippen molar-refractivity contribution in [3.8, 4) is 0 Å². The Kier molecular flexibility index (Phi) is 17.0. The molecule has 60 heavy (non-hydrogen) atoms. The first-order valence-electron chi connectivity index (χ1n) is 19.1. The highest BCUT2D eigenvalue weighted by Crippen LogP contribution is 2.70. The van der Waals surface area contributed by atoms with E-state index in [1.807, 2.05) is 0 Å². The minimum atomic E-state index is -3.46. The molecule has 0 radical (unpaired) electrons. The van der Waals surface area contributed by atoms with Gasteiger partial charge in [0, 0.05) is 24.0 Å². The molecule has 17 nitrogen and oxygen atoms in total. The number of esters is 1. The summed E-state index contributed by atoms with van der Waals surface area (Å²) in [5.41, 5.74) is -0.0999. The van der Waals surface area contributed by atoms with E-state index in [1.165, 1.54) is 13.5 Å². The first-order chi connectivity index (χ1) is 28.0. The molecule has 336 valence electrons. The normalized spacial score (nSPS) is 33.9. The average molecular weight is 926 g/mol. The minimum Gasteiger partial charge on any atom is -0.429 e. The van der Waals surface area contributed by atoms with Crippen molar-refractivity contribution in [1.82, 2.24) is 9.03 Å². The van der Waals surface area contributed by atoms with Gasteiger partial charge in [-0.3, -0.25) is 4.79 Å². The van der Waals surface area contributed by atoms with Crippen LogP contribution in [0.25, 0.3) is 0 Å². The smallest absolute Gasteiger partial charge is 0.338 e. The number of carbonyl (C=O) groups is 8. The fourth-order valence-electron chi connectivity index (χ4n) is 10.4. The number of hydrogen-bond donors (Lipinski definition) is 1. The molecule has 7 rings (SSSR count). The number of fused-ring (bicyclic) bond motifs is 2. The van der Waals surface area contributed by atoms with Gasteiger partial charge in [-0.2, -0.15) is 0 Å². The van der Waals surface area contributed by atoms with Crippen LogP contribution in [0.15, 0.2) is 24.8 Å². The van der Waals surface area contributed by atoms with E-state index in [4.69, 9.17) is 37.4 Å². The largest absolute Gasteiger partial charge is 0.429 e. The number of nitrogens with zero attached hydrogens (tertiary/aromatic N) is 1. The summed E-state index contributed by atoms with van der Waals surface area (Å²) >= 11 is 9.53. The predicted molar refractivity (Wildman–Crippen MR) is 217 cm³/mol. The predicted octanol–water partition coefficient (Wildman–Crippen LogP) is 2.31. The molecule has 1 N–H and O–H groups in total. The summed E-state index contributed by atoms with van der Waals surface area (Å²) in [5, 5.41) is 0.194. The van der Waals surface area contributed by atoms with Gasteiger partial charge in [0.05, 0.1) is 28.5 Å². The van der Waals surface area contributed by atoms with Crippen LogP contribution < -0.4 is 4.72 Å². The Bertz CT molecular complexity index is 1900. The maximum atomic E-state index is 12.3. The fraction of sp³-hybridized carbons (Fsp3) is 0.692. The Morgan fingerprint density at radius 3 is 1.82 bits per heavy atom. The summed E-state index contributed by atoms with van der Waals surface area (Å²) < 4.78 is 66.5. The van der Waals surface area contributed by atoms with Crippen LogP contribution in [-0.2, 0) is 72.6 Å².